The average Bonchev–Trinajstić information content (AvgIpc) is 3.16. The summed E-state index contributed by atoms with van der Waals surface area (Å²) in [5, 5.41) is 8.32. The van der Waals surface area contributed by atoms with Crippen molar-refractivity contribution in [3.63, 3.8) is 0 Å². The third-order valence-corrected chi connectivity index (χ3v) is 5.70. The molecule has 0 unspecified atom stereocenters. The van der Waals surface area contributed by atoms with Gasteiger partial charge in [-0.25, -0.2) is 10.2 Å². The zero-order valence-electron chi connectivity index (χ0n) is 13.2. The van der Waals surface area contributed by atoms with Gasteiger partial charge in [-0.3, -0.25) is 14.4 Å². The summed E-state index contributed by atoms with van der Waals surface area (Å²) in [6.07, 6.45) is 2.34. The van der Waals surface area contributed by atoms with Crippen LogP contribution >= 0.6 is 7.59 Å². The van der Waals surface area contributed by atoms with Crippen LogP contribution in [0.4, 0.5) is 0 Å². The number of carbonyl (C=O) groups is 1. The van der Waals surface area contributed by atoms with E-state index in [4.69, 9.17) is 0 Å². The second-order valence-corrected chi connectivity index (χ2v) is 7.53. The largest absolute Gasteiger partial charge is 0.345 e. The summed E-state index contributed by atoms with van der Waals surface area (Å²) in [5.74, 6) is -0.291. The van der Waals surface area contributed by atoms with Crippen LogP contribution in [-0.4, -0.2) is 23.6 Å². The van der Waals surface area contributed by atoms with Crippen LogP contribution in [0, 0.1) is 13.8 Å². The molecule has 0 radical (unpaired) electrons. The van der Waals surface area contributed by atoms with Gasteiger partial charge in [0, 0.05) is 30.5 Å². The van der Waals surface area contributed by atoms with E-state index in [0.29, 0.717) is 24.7 Å². The highest BCUT2D eigenvalue weighted by Crippen LogP contribution is 2.39. The molecule has 0 aliphatic heterocycles. The molecule has 2 rings (SSSR count). The Morgan fingerprint density at radius 2 is 1.86 bits per heavy atom. The number of amides is 1. The fourth-order valence-corrected chi connectivity index (χ4v) is 4.25. The maximum Gasteiger partial charge on any atom is 0.305 e. The molecule has 0 saturated heterocycles. The van der Waals surface area contributed by atoms with Gasteiger partial charge in [0.2, 0.25) is 0 Å². The molecule has 1 fully saturated rings. The smallest absolute Gasteiger partial charge is 0.305 e. The second kappa shape index (κ2) is 6.34. The van der Waals surface area contributed by atoms with Crippen LogP contribution in [0.25, 0.3) is 0 Å². The highest BCUT2D eigenvalue weighted by molar-refractivity contribution is 7.58. The molecular weight excluding hydrogens is 287 g/mol. The minimum Gasteiger partial charge on any atom is -0.345 e. The molecule has 1 aliphatic rings. The van der Waals surface area contributed by atoms with E-state index in [9.17, 15) is 9.36 Å². The number of hydrogen-bond donors (Lipinski definition) is 3. The quantitative estimate of drug-likeness (QED) is 0.676. The van der Waals surface area contributed by atoms with Crippen molar-refractivity contribution in [2.45, 2.75) is 46.6 Å². The molecule has 0 atom stereocenters. The summed E-state index contributed by atoms with van der Waals surface area (Å²) in [7, 11) is -3.08. The first-order valence-corrected chi connectivity index (χ1v) is 9.23. The molecule has 1 amide bonds. The maximum atomic E-state index is 12.6. The van der Waals surface area contributed by atoms with E-state index in [2.05, 4.69) is 19.8 Å². The van der Waals surface area contributed by atoms with Gasteiger partial charge in [0.1, 0.15) is 0 Å². The molecule has 21 heavy (non-hydrogen) atoms. The molecule has 1 heterocycles. The average molecular weight is 312 g/mol. The van der Waals surface area contributed by atoms with Crippen LogP contribution in [0.2, 0.25) is 0 Å². The molecule has 118 valence electrons. The Kier molecular flexibility index (Phi) is 4.91. The summed E-state index contributed by atoms with van der Waals surface area (Å²) >= 11 is 0. The minimum absolute atomic E-state index is 0.291. The Bertz CT molecular complexity index is 568. The van der Waals surface area contributed by atoms with Crippen LogP contribution in [0.15, 0.2) is 6.07 Å². The van der Waals surface area contributed by atoms with E-state index in [0.717, 1.165) is 11.4 Å². The zero-order valence-corrected chi connectivity index (χ0v) is 14.1. The number of nitrogens with zero attached hydrogens (tertiary/aromatic N) is 1. The van der Waals surface area contributed by atoms with Gasteiger partial charge >= 0.3 is 7.59 Å². The lowest BCUT2D eigenvalue weighted by Crippen LogP contribution is -2.35. The van der Waals surface area contributed by atoms with Crippen LogP contribution in [0.3, 0.4) is 0 Å². The molecule has 0 bridgehead atoms. The number of rotatable bonds is 7. The standard InChI is InChI=1S/C14H25N4O2P/c1-5-15-21(20,16-6-2)17-14(19)13-9-10(3)18(11(13)4)12-7-8-12/h9,12H,5-8H2,1-4H3,(H3,15,16,17,19,20). The summed E-state index contributed by atoms with van der Waals surface area (Å²) in [6, 6.07) is 2.41. The minimum atomic E-state index is -3.08. The van der Waals surface area contributed by atoms with E-state index >= 15 is 0 Å². The predicted octanol–water partition coefficient (Wildman–Crippen LogP) is 2.50. The summed E-state index contributed by atoms with van der Waals surface area (Å²) in [5.41, 5.74) is 2.64. The van der Waals surface area contributed by atoms with Crippen LogP contribution in [-0.2, 0) is 4.57 Å². The van der Waals surface area contributed by atoms with Crippen molar-refractivity contribution >= 4 is 13.5 Å². The van der Waals surface area contributed by atoms with Crippen LogP contribution in [0.5, 0.6) is 0 Å². The molecule has 1 aromatic rings. The lowest BCUT2D eigenvalue weighted by Gasteiger charge is -2.20. The van der Waals surface area contributed by atoms with Gasteiger partial charge in [0.25, 0.3) is 5.91 Å². The summed E-state index contributed by atoms with van der Waals surface area (Å²) in [6.45, 7) is 8.71. The molecule has 6 nitrogen and oxygen atoms in total. The monoisotopic (exact) mass is 312 g/mol. The van der Waals surface area contributed by atoms with Crippen molar-refractivity contribution in [2.24, 2.45) is 0 Å². The van der Waals surface area contributed by atoms with E-state index in [-0.39, 0.29) is 5.91 Å². The van der Waals surface area contributed by atoms with Crippen molar-refractivity contribution in [3.05, 3.63) is 23.0 Å². The number of aryl methyl sites for hydroxylation is 1. The fourth-order valence-electron chi connectivity index (χ4n) is 2.69. The third kappa shape index (κ3) is 3.57. The Hall–Kier alpha value is -1.10. The van der Waals surface area contributed by atoms with Gasteiger partial charge in [0.05, 0.1) is 5.56 Å². The van der Waals surface area contributed by atoms with Crippen molar-refractivity contribution in [1.29, 1.82) is 0 Å². The fraction of sp³-hybridized carbons (Fsp3) is 0.643. The van der Waals surface area contributed by atoms with E-state index in [1.54, 1.807) is 0 Å². The lowest BCUT2D eigenvalue weighted by molar-refractivity contribution is 0.0979. The second-order valence-electron chi connectivity index (χ2n) is 5.46. The van der Waals surface area contributed by atoms with E-state index in [1.807, 2.05) is 33.8 Å². The van der Waals surface area contributed by atoms with Gasteiger partial charge < -0.3 is 4.57 Å². The summed E-state index contributed by atoms with van der Waals surface area (Å²) in [4.78, 5) is 12.5. The first-order valence-electron chi connectivity index (χ1n) is 7.53. The van der Waals surface area contributed by atoms with Gasteiger partial charge in [-0.05, 0) is 32.8 Å². The van der Waals surface area contributed by atoms with Crippen LogP contribution in [0.1, 0.15) is 54.5 Å². The SMILES string of the molecule is CCNP(=O)(NCC)NC(=O)c1cc(C)n(C2CC2)c1C. The van der Waals surface area contributed by atoms with Gasteiger partial charge in [-0.2, -0.15) is 0 Å². The maximum absolute atomic E-state index is 12.6. The number of hydrogen-bond acceptors (Lipinski definition) is 2. The summed E-state index contributed by atoms with van der Waals surface area (Å²) < 4.78 is 14.8. The Balaban J connectivity index is 2.20. The number of carbonyl (C=O) groups excluding carboxylic acids is 1. The molecule has 1 aromatic heterocycles. The molecule has 1 saturated carbocycles. The van der Waals surface area contributed by atoms with E-state index in [1.165, 1.54) is 12.8 Å². The number of aromatic nitrogens is 1. The topological polar surface area (TPSA) is 75.2 Å². The van der Waals surface area contributed by atoms with Crippen molar-refractivity contribution in [3.8, 4) is 0 Å². The molecule has 0 aromatic carbocycles. The first kappa shape index (κ1) is 16.3. The first-order chi connectivity index (χ1) is 9.91. The third-order valence-electron chi connectivity index (χ3n) is 3.66. The molecular formula is C14H25N4O2P. The van der Waals surface area contributed by atoms with Gasteiger partial charge in [-0.15, -0.1) is 0 Å². The zero-order chi connectivity index (χ0) is 15.6. The van der Waals surface area contributed by atoms with Crippen molar-refractivity contribution in [2.75, 3.05) is 13.1 Å². The van der Waals surface area contributed by atoms with E-state index < -0.39 is 7.59 Å². The van der Waals surface area contributed by atoms with Gasteiger partial charge in [-0.1, -0.05) is 13.8 Å². The Morgan fingerprint density at radius 3 is 2.33 bits per heavy atom. The molecule has 7 heteroatoms. The van der Waals surface area contributed by atoms with Crippen molar-refractivity contribution in [1.82, 2.24) is 19.8 Å². The Morgan fingerprint density at radius 1 is 1.29 bits per heavy atom. The number of nitrogens with one attached hydrogen (secondary N) is 3. The lowest BCUT2D eigenvalue weighted by atomic mass is 10.2. The highest BCUT2D eigenvalue weighted by atomic mass is 31.2. The molecule has 0 spiro atoms. The van der Waals surface area contributed by atoms with Crippen molar-refractivity contribution < 1.29 is 9.36 Å². The molecule has 3 N–H and O–H groups in total. The highest BCUT2D eigenvalue weighted by Gasteiger charge is 2.30. The molecule has 1 aliphatic carbocycles. The Labute approximate surface area is 126 Å². The predicted molar refractivity (Wildman–Crippen MR) is 84.6 cm³/mol. The van der Waals surface area contributed by atoms with Crippen LogP contribution < -0.4 is 15.3 Å². The normalized spacial score (nSPS) is 15.2. The van der Waals surface area contributed by atoms with Gasteiger partial charge in [0.15, 0.2) is 0 Å².